The highest BCUT2D eigenvalue weighted by Gasteiger charge is 2.34. The van der Waals surface area contributed by atoms with Crippen molar-refractivity contribution in [2.45, 2.75) is 25.3 Å². The predicted octanol–water partition coefficient (Wildman–Crippen LogP) is 3.42. The molecule has 0 radical (unpaired) electrons. The van der Waals surface area contributed by atoms with Crippen LogP contribution in [0.3, 0.4) is 0 Å². The van der Waals surface area contributed by atoms with Gasteiger partial charge in [0.1, 0.15) is 5.75 Å². The van der Waals surface area contributed by atoms with Gasteiger partial charge in [0.15, 0.2) is 11.5 Å². The Balaban J connectivity index is 1.63. The second kappa shape index (κ2) is 8.21. The average molecular weight is 398 g/mol. The molecule has 2 aromatic carbocycles. The molecule has 0 saturated heterocycles. The molecule has 0 aromatic heterocycles. The molecule has 1 atom stereocenters. The number of hydrogen-bond donors (Lipinski definition) is 1. The van der Waals surface area contributed by atoms with E-state index in [4.69, 9.17) is 18.9 Å². The van der Waals surface area contributed by atoms with Crippen molar-refractivity contribution in [3.05, 3.63) is 47.0 Å². The van der Waals surface area contributed by atoms with Crippen LogP contribution >= 0.6 is 0 Å². The molecule has 0 unspecified atom stereocenters. The SMILES string of the molecule is COc1ccc(CC(C[C@@H]2c3c(cc4c(c3OC)OCO4)CCN2C)=NO)cc1. The summed E-state index contributed by atoms with van der Waals surface area (Å²) in [6, 6.07) is 9.88. The van der Waals surface area contributed by atoms with E-state index >= 15 is 0 Å². The molecule has 1 N–H and O–H groups in total. The molecule has 7 nitrogen and oxygen atoms in total. The minimum atomic E-state index is 0.0207. The van der Waals surface area contributed by atoms with Crippen LogP contribution in [0.15, 0.2) is 35.5 Å². The summed E-state index contributed by atoms with van der Waals surface area (Å²) < 4.78 is 22.2. The minimum Gasteiger partial charge on any atom is -0.497 e. The summed E-state index contributed by atoms with van der Waals surface area (Å²) in [5.41, 5.74) is 4.05. The maximum atomic E-state index is 9.70. The van der Waals surface area contributed by atoms with E-state index in [1.54, 1.807) is 14.2 Å². The van der Waals surface area contributed by atoms with Crippen molar-refractivity contribution in [1.29, 1.82) is 0 Å². The van der Waals surface area contributed by atoms with Crippen molar-refractivity contribution in [1.82, 2.24) is 4.90 Å². The molecule has 4 rings (SSSR count). The van der Waals surface area contributed by atoms with Gasteiger partial charge in [-0.15, -0.1) is 0 Å². The Kier molecular flexibility index (Phi) is 5.49. The van der Waals surface area contributed by atoms with Crippen molar-refractivity contribution in [2.24, 2.45) is 5.16 Å². The summed E-state index contributed by atoms with van der Waals surface area (Å²) in [7, 11) is 5.38. The van der Waals surface area contributed by atoms with Gasteiger partial charge in [-0.25, -0.2) is 0 Å². The van der Waals surface area contributed by atoms with Crippen molar-refractivity contribution < 1.29 is 24.2 Å². The molecular weight excluding hydrogens is 372 g/mol. The summed E-state index contributed by atoms with van der Waals surface area (Å²) in [5.74, 6) is 2.91. The number of ether oxygens (including phenoxy) is 4. The lowest BCUT2D eigenvalue weighted by molar-refractivity contribution is 0.170. The summed E-state index contributed by atoms with van der Waals surface area (Å²) >= 11 is 0. The highest BCUT2D eigenvalue weighted by atomic mass is 16.7. The smallest absolute Gasteiger partial charge is 0.231 e. The van der Waals surface area contributed by atoms with E-state index in [2.05, 4.69) is 23.2 Å². The number of nitrogens with zero attached hydrogens (tertiary/aromatic N) is 2. The van der Waals surface area contributed by atoms with E-state index in [9.17, 15) is 5.21 Å². The van der Waals surface area contributed by atoms with Crippen LogP contribution in [-0.2, 0) is 12.8 Å². The fourth-order valence-electron chi connectivity index (χ4n) is 4.13. The molecule has 0 aliphatic carbocycles. The Morgan fingerprint density at radius 3 is 2.69 bits per heavy atom. The Labute approximate surface area is 170 Å². The van der Waals surface area contributed by atoms with Crippen molar-refractivity contribution in [3.63, 3.8) is 0 Å². The van der Waals surface area contributed by atoms with Crippen LogP contribution in [0.2, 0.25) is 0 Å². The van der Waals surface area contributed by atoms with Gasteiger partial charge in [-0.05, 0) is 42.8 Å². The van der Waals surface area contributed by atoms with Gasteiger partial charge in [0.2, 0.25) is 12.5 Å². The maximum Gasteiger partial charge on any atom is 0.231 e. The number of hydrogen-bond acceptors (Lipinski definition) is 7. The molecule has 0 fully saturated rings. The fourth-order valence-corrected chi connectivity index (χ4v) is 4.13. The number of rotatable bonds is 6. The number of oxime groups is 1. The van der Waals surface area contributed by atoms with Gasteiger partial charge in [0.05, 0.1) is 19.9 Å². The summed E-state index contributed by atoms with van der Waals surface area (Å²) in [4.78, 5) is 2.27. The Bertz CT molecular complexity index is 910. The van der Waals surface area contributed by atoms with Crippen molar-refractivity contribution in [2.75, 3.05) is 34.6 Å². The van der Waals surface area contributed by atoms with Gasteiger partial charge in [-0.2, -0.15) is 0 Å². The number of fused-ring (bicyclic) bond motifs is 2. The first-order chi connectivity index (χ1) is 14.1. The molecular formula is C22H26N2O5. The Morgan fingerprint density at radius 1 is 1.21 bits per heavy atom. The second-order valence-electron chi connectivity index (χ2n) is 7.36. The van der Waals surface area contributed by atoms with Crippen LogP contribution < -0.4 is 18.9 Å². The van der Waals surface area contributed by atoms with E-state index in [1.807, 2.05) is 24.3 Å². The van der Waals surface area contributed by atoms with Gasteiger partial charge in [0.25, 0.3) is 0 Å². The van der Waals surface area contributed by atoms with Crippen molar-refractivity contribution >= 4 is 5.71 Å². The molecule has 0 saturated carbocycles. The van der Waals surface area contributed by atoms with E-state index in [0.717, 1.165) is 35.6 Å². The van der Waals surface area contributed by atoms with Gasteiger partial charge in [-0.1, -0.05) is 17.3 Å². The van der Waals surface area contributed by atoms with E-state index in [-0.39, 0.29) is 12.8 Å². The largest absolute Gasteiger partial charge is 0.497 e. The third-order valence-corrected chi connectivity index (χ3v) is 5.68. The van der Waals surface area contributed by atoms with Crippen LogP contribution in [0.1, 0.15) is 29.2 Å². The zero-order valence-corrected chi connectivity index (χ0v) is 17.0. The zero-order chi connectivity index (χ0) is 20.4. The van der Waals surface area contributed by atoms with E-state index in [1.165, 1.54) is 5.56 Å². The molecule has 0 amide bonds. The molecule has 7 heteroatoms. The first kappa shape index (κ1) is 19.4. The summed E-state index contributed by atoms with van der Waals surface area (Å²) in [6.07, 6.45) is 2.05. The van der Waals surface area contributed by atoms with Crippen LogP contribution in [0, 0.1) is 0 Å². The Morgan fingerprint density at radius 2 is 2.00 bits per heavy atom. The first-order valence-electron chi connectivity index (χ1n) is 9.67. The molecule has 2 aromatic rings. The van der Waals surface area contributed by atoms with Crippen LogP contribution in [0.5, 0.6) is 23.0 Å². The Hall–Kier alpha value is -2.93. The standard InChI is InChI=1S/C22H26N2O5/c1-24-9-8-15-11-19-21(29-13-28-19)22(27-3)20(15)18(24)12-16(23-25)10-14-4-6-17(26-2)7-5-14/h4-7,11,18,25H,8-10,12-13H2,1-3H3/t18-/m1/s1. The number of benzene rings is 2. The minimum absolute atomic E-state index is 0.0207. The topological polar surface area (TPSA) is 72.8 Å². The molecule has 2 aliphatic rings. The molecule has 154 valence electrons. The van der Waals surface area contributed by atoms with Gasteiger partial charge >= 0.3 is 0 Å². The zero-order valence-electron chi connectivity index (χ0n) is 17.0. The van der Waals surface area contributed by atoms with Crippen LogP contribution in [0.25, 0.3) is 0 Å². The first-order valence-corrected chi connectivity index (χ1v) is 9.67. The van der Waals surface area contributed by atoms with E-state index in [0.29, 0.717) is 30.1 Å². The second-order valence-corrected chi connectivity index (χ2v) is 7.36. The molecule has 0 spiro atoms. The average Bonchev–Trinajstić information content (AvgIpc) is 3.22. The molecule has 2 aliphatic heterocycles. The normalized spacial score (nSPS) is 18.4. The van der Waals surface area contributed by atoms with Gasteiger partial charge in [-0.3, -0.25) is 4.90 Å². The van der Waals surface area contributed by atoms with E-state index < -0.39 is 0 Å². The fraction of sp³-hybridized carbons (Fsp3) is 0.409. The van der Waals surface area contributed by atoms with Crippen LogP contribution in [-0.4, -0.2) is 50.4 Å². The molecule has 2 heterocycles. The lowest BCUT2D eigenvalue weighted by atomic mass is 9.87. The van der Waals surface area contributed by atoms with Gasteiger partial charge in [0, 0.05) is 31.0 Å². The molecule has 29 heavy (non-hydrogen) atoms. The summed E-state index contributed by atoms with van der Waals surface area (Å²) in [6.45, 7) is 1.11. The van der Waals surface area contributed by atoms with Crippen molar-refractivity contribution in [3.8, 4) is 23.0 Å². The third-order valence-electron chi connectivity index (χ3n) is 5.68. The number of likely N-dealkylation sites (N-methyl/N-ethyl adjacent to an activating group) is 1. The van der Waals surface area contributed by atoms with Crippen LogP contribution in [0.4, 0.5) is 0 Å². The van der Waals surface area contributed by atoms with Gasteiger partial charge < -0.3 is 24.2 Å². The highest BCUT2D eigenvalue weighted by molar-refractivity contribution is 5.87. The number of methoxy groups -OCH3 is 2. The molecule has 0 bridgehead atoms. The lowest BCUT2D eigenvalue weighted by Gasteiger charge is -2.36. The third kappa shape index (κ3) is 3.70. The highest BCUT2D eigenvalue weighted by Crippen LogP contribution is 2.50. The summed E-state index contributed by atoms with van der Waals surface area (Å²) in [5, 5.41) is 13.3. The monoisotopic (exact) mass is 398 g/mol. The lowest BCUT2D eigenvalue weighted by Crippen LogP contribution is -2.34. The quantitative estimate of drug-likeness (QED) is 0.457. The maximum absolute atomic E-state index is 9.70. The predicted molar refractivity (Wildman–Crippen MR) is 109 cm³/mol.